The highest BCUT2D eigenvalue weighted by Gasteiger charge is 2.45. The molecule has 0 nitrogen and oxygen atoms in total. The molecule has 0 aromatic carbocycles. The molecule has 0 N–H and O–H groups in total. The molecule has 7 heavy (non-hydrogen) atoms. The highest BCUT2D eigenvalue weighted by molar-refractivity contribution is 4.95. The largest absolute Gasteiger partial charge is 0.0622 e. The van der Waals surface area contributed by atoms with Crippen LogP contribution in [0.4, 0.5) is 0 Å². The first-order valence-electron chi connectivity index (χ1n) is 3.38. The molecule has 0 spiro atoms. The Hall–Kier alpha value is 0. The molecule has 2 fully saturated rings. The predicted octanol–water partition coefficient (Wildman–Crippen LogP) is 2.05. The maximum atomic E-state index is 2.40. The van der Waals surface area contributed by atoms with E-state index in [4.69, 9.17) is 0 Å². The number of rotatable bonds is 0. The number of fused-ring (bicyclic) bond motifs is 1. The van der Waals surface area contributed by atoms with Crippen LogP contribution in [0, 0.1) is 17.8 Å². The van der Waals surface area contributed by atoms with E-state index in [9.17, 15) is 0 Å². The van der Waals surface area contributed by atoms with Crippen LogP contribution in [0.1, 0.15) is 26.2 Å². The van der Waals surface area contributed by atoms with Gasteiger partial charge in [0.05, 0.1) is 0 Å². The van der Waals surface area contributed by atoms with E-state index >= 15 is 0 Å². The van der Waals surface area contributed by atoms with E-state index < -0.39 is 0 Å². The second-order valence-corrected chi connectivity index (χ2v) is 3.21. The van der Waals surface area contributed by atoms with Gasteiger partial charge >= 0.3 is 0 Å². The fraction of sp³-hybridized carbons (Fsp3) is 1.00. The van der Waals surface area contributed by atoms with Gasteiger partial charge in [0.2, 0.25) is 0 Å². The summed E-state index contributed by atoms with van der Waals surface area (Å²) in [5.41, 5.74) is 0. The van der Waals surface area contributed by atoms with E-state index in [1.807, 2.05) is 0 Å². The van der Waals surface area contributed by atoms with Crippen LogP contribution in [-0.4, -0.2) is 0 Å². The minimum atomic E-state index is 1.09. The fourth-order valence-corrected chi connectivity index (χ4v) is 1.99. The van der Waals surface area contributed by atoms with E-state index in [0.717, 1.165) is 5.92 Å². The minimum absolute atomic E-state index is 1.09. The van der Waals surface area contributed by atoms with Crippen molar-refractivity contribution in [2.75, 3.05) is 0 Å². The van der Waals surface area contributed by atoms with Gasteiger partial charge in [-0.2, -0.15) is 0 Å². The van der Waals surface area contributed by atoms with Crippen LogP contribution in [0.15, 0.2) is 0 Å². The summed E-state index contributed by atoms with van der Waals surface area (Å²) in [7, 11) is 0. The summed E-state index contributed by atoms with van der Waals surface area (Å²) in [6.45, 7) is 2.40. The molecule has 2 rings (SSSR count). The molecule has 0 radical (unpaired) electrons. The highest BCUT2D eigenvalue weighted by Crippen LogP contribution is 2.54. The molecule has 0 saturated heterocycles. The monoisotopic (exact) mass is 96.1 g/mol. The maximum absolute atomic E-state index is 2.40. The molecule has 0 aliphatic heterocycles. The summed E-state index contributed by atoms with van der Waals surface area (Å²) in [5, 5.41) is 0. The summed E-state index contributed by atoms with van der Waals surface area (Å²) < 4.78 is 0. The molecule has 0 amide bonds. The quantitative estimate of drug-likeness (QED) is 0.433. The zero-order chi connectivity index (χ0) is 4.85. The standard InChI is InChI=1S/C7H12/c1-5-2-3-6-4-7(5)6/h5-7H,2-4H2,1H3/t5-,6-,7-/m0/s1. The van der Waals surface area contributed by atoms with Crippen molar-refractivity contribution in [1.29, 1.82) is 0 Å². The second-order valence-electron chi connectivity index (χ2n) is 3.21. The van der Waals surface area contributed by atoms with Crippen molar-refractivity contribution < 1.29 is 0 Å². The third-order valence-electron chi connectivity index (χ3n) is 2.70. The highest BCUT2D eigenvalue weighted by atomic mass is 14.5. The van der Waals surface area contributed by atoms with Gasteiger partial charge in [-0.1, -0.05) is 13.3 Å². The summed E-state index contributed by atoms with van der Waals surface area (Å²) in [5.74, 6) is 3.46. The van der Waals surface area contributed by atoms with Gasteiger partial charge in [0, 0.05) is 0 Å². The van der Waals surface area contributed by atoms with Crippen molar-refractivity contribution in [2.24, 2.45) is 17.8 Å². The van der Waals surface area contributed by atoms with Crippen LogP contribution < -0.4 is 0 Å². The van der Waals surface area contributed by atoms with Gasteiger partial charge < -0.3 is 0 Å². The molecule has 3 atom stereocenters. The first-order chi connectivity index (χ1) is 3.38. The smallest absolute Gasteiger partial charge is 0.0357 e. The Morgan fingerprint density at radius 1 is 1.29 bits per heavy atom. The average Bonchev–Trinajstić information content (AvgIpc) is 2.33. The SMILES string of the molecule is C[C@H]1CC[C@H]2C[C@H]21. The zero-order valence-corrected chi connectivity index (χ0v) is 4.85. The molecule has 2 aliphatic carbocycles. The van der Waals surface area contributed by atoms with Gasteiger partial charge in [-0.25, -0.2) is 0 Å². The van der Waals surface area contributed by atoms with Crippen LogP contribution in [-0.2, 0) is 0 Å². The number of hydrogen-bond donors (Lipinski definition) is 0. The van der Waals surface area contributed by atoms with Crippen LogP contribution in [0.2, 0.25) is 0 Å². The summed E-state index contributed by atoms with van der Waals surface area (Å²) >= 11 is 0. The Bertz CT molecular complexity index is 86.0. The third kappa shape index (κ3) is 0.427. The van der Waals surface area contributed by atoms with Crippen molar-refractivity contribution in [2.45, 2.75) is 26.2 Å². The van der Waals surface area contributed by atoms with Crippen molar-refractivity contribution in [3.63, 3.8) is 0 Å². The minimum Gasteiger partial charge on any atom is -0.0622 e. The zero-order valence-electron chi connectivity index (χ0n) is 4.85. The molecule has 0 heteroatoms. The molecule has 0 bridgehead atoms. The molecule has 0 heterocycles. The van der Waals surface area contributed by atoms with Gasteiger partial charge in [0.15, 0.2) is 0 Å². The molecular weight excluding hydrogens is 84.1 g/mol. The fourth-order valence-electron chi connectivity index (χ4n) is 1.99. The molecule has 2 saturated carbocycles. The molecule has 40 valence electrons. The Kier molecular flexibility index (Phi) is 0.586. The summed E-state index contributed by atoms with van der Waals surface area (Å²) in [6.07, 6.45) is 4.64. The van der Waals surface area contributed by atoms with E-state index in [1.165, 1.54) is 18.3 Å². The Labute approximate surface area is 44.9 Å². The van der Waals surface area contributed by atoms with Crippen LogP contribution >= 0.6 is 0 Å². The lowest BCUT2D eigenvalue weighted by Crippen LogP contribution is -1.88. The van der Waals surface area contributed by atoms with Crippen LogP contribution in [0.25, 0.3) is 0 Å². The van der Waals surface area contributed by atoms with Gasteiger partial charge in [0.25, 0.3) is 0 Å². The Balaban J connectivity index is 2.08. The molecular formula is C7H12. The normalized spacial score (nSPS) is 57.0. The molecule has 0 aromatic heterocycles. The molecule has 2 aliphatic rings. The second kappa shape index (κ2) is 1.04. The van der Waals surface area contributed by atoms with Gasteiger partial charge in [-0.15, -0.1) is 0 Å². The number of hydrogen-bond acceptors (Lipinski definition) is 0. The first-order valence-corrected chi connectivity index (χ1v) is 3.38. The molecule has 0 aromatic rings. The van der Waals surface area contributed by atoms with Crippen molar-refractivity contribution in [1.82, 2.24) is 0 Å². The molecule has 0 unspecified atom stereocenters. The maximum Gasteiger partial charge on any atom is -0.0357 e. The lowest BCUT2D eigenvalue weighted by molar-refractivity contribution is 0.530. The lowest BCUT2D eigenvalue weighted by atomic mass is 10.1. The van der Waals surface area contributed by atoms with Gasteiger partial charge in [0.1, 0.15) is 0 Å². The Morgan fingerprint density at radius 2 is 2.14 bits per heavy atom. The van der Waals surface area contributed by atoms with Crippen molar-refractivity contribution in [3.05, 3.63) is 0 Å². The third-order valence-corrected chi connectivity index (χ3v) is 2.70. The summed E-state index contributed by atoms with van der Waals surface area (Å²) in [6, 6.07) is 0. The van der Waals surface area contributed by atoms with E-state index in [2.05, 4.69) is 6.92 Å². The van der Waals surface area contributed by atoms with Crippen LogP contribution in [0.3, 0.4) is 0 Å². The van der Waals surface area contributed by atoms with Gasteiger partial charge in [-0.05, 0) is 30.6 Å². The topological polar surface area (TPSA) is 0 Å². The lowest BCUT2D eigenvalue weighted by Gasteiger charge is -1.98. The van der Waals surface area contributed by atoms with Crippen molar-refractivity contribution in [3.8, 4) is 0 Å². The van der Waals surface area contributed by atoms with Crippen LogP contribution in [0.5, 0.6) is 0 Å². The predicted molar refractivity (Wildman–Crippen MR) is 30.0 cm³/mol. The first kappa shape index (κ1) is 3.94. The van der Waals surface area contributed by atoms with E-state index in [-0.39, 0.29) is 0 Å². The summed E-state index contributed by atoms with van der Waals surface area (Å²) in [4.78, 5) is 0. The Morgan fingerprint density at radius 3 is 2.29 bits per heavy atom. The van der Waals surface area contributed by atoms with E-state index in [1.54, 1.807) is 12.8 Å². The average molecular weight is 96.2 g/mol. The van der Waals surface area contributed by atoms with Crippen molar-refractivity contribution >= 4 is 0 Å². The van der Waals surface area contributed by atoms with Gasteiger partial charge in [-0.3, -0.25) is 0 Å². The van der Waals surface area contributed by atoms with E-state index in [0.29, 0.717) is 0 Å².